The second kappa shape index (κ2) is 7.50. The van der Waals surface area contributed by atoms with Crippen LogP contribution in [0.25, 0.3) is 0 Å². The van der Waals surface area contributed by atoms with Gasteiger partial charge in [-0.15, -0.1) is 11.6 Å². The summed E-state index contributed by atoms with van der Waals surface area (Å²) in [7, 11) is 0. The first-order valence-corrected chi connectivity index (χ1v) is 7.78. The third-order valence-corrected chi connectivity index (χ3v) is 4.28. The van der Waals surface area contributed by atoms with Gasteiger partial charge in [-0.1, -0.05) is 43.5 Å². The molecule has 0 aliphatic heterocycles. The Labute approximate surface area is 128 Å². The average Bonchev–Trinajstić information content (AvgIpc) is 2.47. The van der Waals surface area contributed by atoms with Crippen molar-refractivity contribution < 1.29 is 17.9 Å². The van der Waals surface area contributed by atoms with Gasteiger partial charge in [0, 0.05) is 0 Å². The van der Waals surface area contributed by atoms with E-state index < -0.39 is 18.2 Å². The Balaban J connectivity index is 1.86. The Morgan fingerprint density at radius 2 is 1.71 bits per heavy atom. The fourth-order valence-electron chi connectivity index (χ4n) is 2.79. The molecular weight excluding hydrogens is 301 g/mol. The van der Waals surface area contributed by atoms with E-state index in [0.717, 1.165) is 5.56 Å². The summed E-state index contributed by atoms with van der Waals surface area (Å²) < 4.78 is 40.6. The van der Waals surface area contributed by atoms with Crippen LogP contribution in [0.15, 0.2) is 24.3 Å². The molecular formula is C16H20ClF3O. The molecule has 0 aromatic heterocycles. The van der Waals surface area contributed by atoms with Crippen molar-refractivity contribution in [3.05, 3.63) is 35.4 Å². The van der Waals surface area contributed by atoms with E-state index in [2.05, 4.69) is 4.74 Å². The van der Waals surface area contributed by atoms with Crippen LogP contribution in [0.1, 0.15) is 54.5 Å². The summed E-state index contributed by atoms with van der Waals surface area (Å²) in [5.41, 5.74) is 2.11. The summed E-state index contributed by atoms with van der Waals surface area (Å²) in [6.45, 7) is -1.39. The molecule has 1 fully saturated rings. The van der Waals surface area contributed by atoms with Crippen molar-refractivity contribution >= 4 is 11.6 Å². The van der Waals surface area contributed by atoms with Crippen molar-refractivity contribution in [2.45, 2.75) is 49.6 Å². The maximum Gasteiger partial charge on any atom is 0.411 e. The first kappa shape index (κ1) is 16.6. The van der Waals surface area contributed by atoms with Crippen LogP contribution in [-0.2, 0) is 4.74 Å². The van der Waals surface area contributed by atoms with E-state index in [1.54, 1.807) is 0 Å². The lowest BCUT2D eigenvalue weighted by atomic mass is 9.84. The lowest BCUT2D eigenvalue weighted by molar-refractivity contribution is -0.173. The van der Waals surface area contributed by atoms with Gasteiger partial charge in [0.2, 0.25) is 0 Å². The Bertz CT molecular complexity index is 424. The van der Waals surface area contributed by atoms with E-state index in [4.69, 9.17) is 11.6 Å². The highest BCUT2D eigenvalue weighted by atomic mass is 35.5. The topological polar surface area (TPSA) is 9.23 Å². The Morgan fingerprint density at radius 1 is 1.10 bits per heavy atom. The molecule has 0 saturated heterocycles. The van der Waals surface area contributed by atoms with Gasteiger partial charge in [0.05, 0.1) is 12.0 Å². The van der Waals surface area contributed by atoms with Gasteiger partial charge in [-0.3, -0.25) is 0 Å². The van der Waals surface area contributed by atoms with Crippen molar-refractivity contribution in [3.8, 4) is 0 Å². The number of benzene rings is 1. The quantitative estimate of drug-likeness (QED) is 0.642. The van der Waals surface area contributed by atoms with Gasteiger partial charge < -0.3 is 4.74 Å². The molecule has 1 aliphatic rings. The van der Waals surface area contributed by atoms with Crippen molar-refractivity contribution in [2.24, 2.45) is 0 Å². The third kappa shape index (κ3) is 5.51. The summed E-state index contributed by atoms with van der Waals surface area (Å²) in [5, 5.41) is -0.548. The maximum atomic E-state index is 12.0. The Hall–Kier alpha value is -0.740. The number of hydrogen-bond donors (Lipinski definition) is 0. The largest absolute Gasteiger partial charge is 0.411 e. The zero-order valence-electron chi connectivity index (χ0n) is 11.8. The maximum absolute atomic E-state index is 12.0. The van der Waals surface area contributed by atoms with Gasteiger partial charge in [-0.25, -0.2) is 0 Å². The van der Waals surface area contributed by atoms with E-state index in [1.165, 1.54) is 37.7 Å². The first-order valence-electron chi connectivity index (χ1n) is 7.34. The van der Waals surface area contributed by atoms with E-state index in [-0.39, 0.29) is 6.61 Å². The molecule has 1 saturated carbocycles. The van der Waals surface area contributed by atoms with Crippen LogP contribution in [0.4, 0.5) is 13.2 Å². The molecule has 0 amide bonds. The van der Waals surface area contributed by atoms with Crippen LogP contribution in [0.2, 0.25) is 0 Å². The van der Waals surface area contributed by atoms with E-state index in [1.807, 2.05) is 24.3 Å². The molecule has 0 radical (unpaired) electrons. The Kier molecular flexibility index (Phi) is 5.94. The number of rotatable bonds is 5. The second-order valence-electron chi connectivity index (χ2n) is 5.60. The zero-order chi connectivity index (χ0) is 15.3. The summed E-state index contributed by atoms with van der Waals surface area (Å²) in [4.78, 5) is 0. The lowest BCUT2D eigenvalue weighted by Crippen LogP contribution is -2.18. The molecule has 1 aromatic carbocycles. The molecule has 0 heterocycles. The fraction of sp³-hybridized carbons (Fsp3) is 0.625. The second-order valence-corrected chi connectivity index (χ2v) is 6.13. The van der Waals surface area contributed by atoms with Crippen LogP contribution in [0.5, 0.6) is 0 Å². The van der Waals surface area contributed by atoms with Gasteiger partial charge in [0.15, 0.2) is 0 Å². The lowest BCUT2D eigenvalue weighted by Gasteiger charge is -2.22. The standard InChI is InChI=1S/C16H20ClF3O/c17-15(10-21-11-16(18,19)20)14-8-6-13(7-9-14)12-4-2-1-3-5-12/h6-9,12,15H,1-5,10-11H2. The SMILES string of the molecule is FC(F)(F)COCC(Cl)c1ccc(C2CCCCC2)cc1. The molecule has 1 atom stereocenters. The fourth-order valence-corrected chi connectivity index (χ4v) is 3.02. The van der Waals surface area contributed by atoms with Crippen molar-refractivity contribution in [1.29, 1.82) is 0 Å². The molecule has 0 bridgehead atoms. The van der Waals surface area contributed by atoms with Crippen molar-refractivity contribution in [1.82, 2.24) is 0 Å². The molecule has 5 heteroatoms. The number of halogens is 4. The van der Waals surface area contributed by atoms with E-state index >= 15 is 0 Å². The first-order chi connectivity index (χ1) is 9.96. The van der Waals surface area contributed by atoms with Crippen molar-refractivity contribution in [3.63, 3.8) is 0 Å². The minimum absolute atomic E-state index is 0.135. The van der Waals surface area contributed by atoms with Crippen LogP contribution < -0.4 is 0 Å². The third-order valence-electron chi connectivity index (χ3n) is 3.90. The van der Waals surface area contributed by atoms with Crippen LogP contribution in [0.3, 0.4) is 0 Å². The van der Waals surface area contributed by atoms with Crippen LogP contribution in [-0.4, -0.2) is 19.4 Å². The van der Waals surface area contributed by atoms with Crippen LogP contribution in [0, 0.1) is 0 Å². The van der Waals surface area contributed by atoms with Gasteiger partial charge in [0.25, 0.3) is 0 Å². The molecule has 0 spiro atoms. The molecule has 118 valence electrons. The molecule has 1 unspecified atom stereocenters. The highest BCUT2D eigenvalue weighted by Gasteiger charge is 2.28. The average molecular weight is 321 g/mol. The van der Waals surface area contributed by atoms with E-state index in [9.17, 15) is 13.2 Å². The molecule has 2 rings (SSSR count). The van der Waals surface area contributed by atoms with Crippen molar-refractivity contribution in [2.75, 3.05) is 13.2 Å². The summed E-state index contributed by atoms with van der Waals surface area (Å²) in [6.07, 6.45) is 2.00. The molecule has 0 N–H and O–H groups in total. The summed E-state index contributed by atoms with van der Waals surface area (Å²) in [5.74, 6) is 0.614. The predicted octanol–water partition coefficient (Wildman–Crippen LogP) is 5.59. The normalized spacial score (nSPS) is 18.7. The Morgan fingerprint density at radius 3 is 2.29 bits per heavy atom. The highest BCUT2D eigenvalue weighted by molar-refractivity contribution is 6.20. The zero-order valence-corrected chi connectivity index (χ0v) is 12.6. The highest BCUT2D eigenvalue weighted by Crippen LogP contribution is 2.33. The number of hydrogen-bond acceptors (Lipinski definition) is 1. The summed E-state index contributed by atoms with van der Waals surface area (Å²) >= 11 is 6.08. The molecule has 1 nitrogen and oxygen atoms in total. The molecule has 1 aromatic rings. The van der Waals surface area contributed by atoms with Gasteiger partial charge >= 0.3 is 6.18 Å². The minimum atomic E-state index is -4.30. The number of alkyl halides is 4. The van der Waals surface area contributed by atoms with Gasteiger partial charge in [-0.2, -0.15) is 13.2 Å². The molecule has 1 aliphatic carbocycles. The van der Waals surface area contributed by atoms with Crippen LogP contribution >= 0.6 is 11.6 Å². The van der Waals surface area contributed by atoms with Gasteiger partial charge in [-0.05, 0) is 29.9 Å². The predicted molar refractivity (Wildman–Crippen MR) is 77.7 cm³/mol. The monoisotopic (exact) mass is 320 g/mol. The number of ether oxygens (including phenoxy) is 1. The van der Waals surface area contributed by atoms with E-state index in [0.29, 0.717) is 5.92 Å². The smallest absolute Gasteiger partial charge is 0.370 e. The molecule has 21 heavy (non-hydrogen) atoms. The minimum Gasteiger partial charge on any atom is -0.370 e. The summed E-state index contributed by atoms with van der Waals surface area (Å²) in [6, 6.07) is 7.89. The van der Waals surface area contributed by atoms with Gasteiger partial charge in [0.1, 0.15) is 6.61 Å².